The van der Waals surface area contributed by atoms with Crippen LogP contribution in [0.2, 0.25) is 5.02 Å². The number of carbonyl (C=O) groups excluding carboxylic acids is 1. The highest BCUT2D eigenvalue weighted by atomic mass is 35.5. The molecule has 0 saturated carbocycles. The Labute approximate surface area is 130 Å². The maximum absolute atomic E-state index is 11.9. The Hall–Kier alpha value is -2.03. The summed E-state index contributed by atoms with van der Waals surface area (Å²) in [5, 5.41) is 15.2. The van der Waals surface area contributed by atoms with Crippen molar-refractivity contribution in [2.24, 2.45) is 0 Å². The molecule has 0 bridgehead atoms. The van der Waals surface area contributed by atoms with E-state index in [1.807, 2.05) is 43.3 Å². The number of nitrogens with zero attached hydrogens (tertiary/aromatic N) is 2. The zero-order valence-corrected chi connectivity index (χ0v) is 12.9. The van der Waals surface area contributed by atoms with Crippen molar-refractivity contribution in [3.8, 4) is 6.07 Å². The first-order valence-electron chi connectivity index (χ1n) is 6.54. The van der Waals surface area contributed by atoms with Crippen molar-refractivity contribution in [2.75, 3.05) is 27.2 Å². The number of nitrogens with one attached hydrogen (secondary N) is 2. The molecule has 0 atom stereocenters. The van der Waals surface area contributed by atoms with Crippen molar-refractivity contribution < 1.29 is 4.79 Å². The third kappa shape index (κ3) is 6.30. The number of nitriles is 1. The topological polar surface area (TPSA) is 68.2 Å². The van der Waals surface area contributed by atoms with Crippen LogP contribution in [0.15, 0.2) is 36.0 Å². The van der Waals surface area contributed by atoms with Gasteiger partial charge >= 0.3 is 0 Å². The van der Waals surface area contributed by atoms with E-state index in [9.17, 15) is 4.79 Å². The fourth-order valence-corrected chi connectivity index (χ4v) is 1.73. The summed E-state index contributed by atoms with van der Waals surface area (Å²) in [6.45, 7) is 1.77. The van der Waals surface area contributed by atoms with Crippen molar-refractivity contribution in [1.82, 2.24) is 15.5 Å². The molecule has 0 saturated heterocycles. The van der Waals surface area contributed by atoms with E-state index in [4.69, 9.17) is 16.9 Å². The second kappa shape index (κ2) is 9.01. The molecular weight excluding hydrogens is 288 g/mol. The van der Waals surface area contributed by atoms with E-state index in [1.54, 1.807) is 6.07 Å². The van der Waals surface area contributed by atoms with Gasteiger partial charge in [0.05, 0.1) is 0 Å². The molecular formula is C15H19ClN4O. The maximum atomic E-state index is 11.9. The van der Waals surface area contributed by atoms with Crippen molar-refractivity contribution in [1.29, 1.82) is 5.26 Å². The quantitative estimate of drug-likeness (QED) is 0.455. The van der Waals surface area contributed by atoms with Gasteiger partial charge in [0.2, 0.25) is 0 Å². The van der Waals surface area contributed by atoms with Gasteiger partial charge in [-0.1, -0.05) is 29.8 Å². The third-order valence-corrected chi connectivity index (χ3v) is 3.08. The summed E-state index contributed by atoms with van der Waals surface area (Å²) in [6, 6.07) is 9.13. The molecule has 0 aliphatic heterocycles. The van der Waals surface area contributed by atoms with Crippen molar-refractivity contribution >= 4 is 17.5 Å². The predicted molar refractivity (Wildman–Crippen MR) is 83.6 cm³/mol. The molecule has 0 aliphatic carbocycles. The SMILES string of the molecule is CN(C)CCN/C=C(/C#N)C(=O)NCc1ccccc1Cl. The molecule has 2 N–H and O–H groups in total. The van der Waals surface area contributed by atoms with Gasteiger partial charge in [0, 0.05) is 30.9 Å². The van der Waals surface area contributed by atoms with Gasteiger partial charge in [-0.3, -0.25) is 4.79 Å². The Morgan fingerprint density at radius 1 is 1.43 bits per heavy atom. The molecule has 1 aromatic carbocycles. The minimum absolute atomic E-state index is 0.0424. The molecule has 112 valence electrons. The predicted octanol–water partition coefficient (Wildman–Crippen LogP) is 1.51. The lowest BCUT2D eigenvalue weighted by atomic mass is 10.2. The van der Waals surface area contributed by atoms with Crippen LogP contribution >= 0.6 is 11.6 Å². The molecule has 0 spiro atoms. The number of rotatable bonds is 7. The van der Waals surface area contributed by atoms with Gasteiger partial charge in [-0.2, -0.15) is 5.26 Å². The van der Waals surface area contributed by atoms with Crippen LogP contribution in [0.5, 0.6) is 0 Å². The van der Waals surface area contributed by atoms with Crippen LogP contribution < -0.4 is 10.6 Å². The van der Waals surface area contributed by atoms with Crippen LogP contribution in [0.25, 0.3) is 0 Å². The highest BCUT2D eigenvalue weighted by Gasteiger charge is 2.09. The molecule has 0 heterocycles. The molecule has 21 heavy (non-hydrogen) atoms. The van der Waals surface area contributed by atoms with Gasteiger partial charge in [0.15, 0.2) is 0 Å². The monoisotopic (exact) mass is 306 g/mol. The summed E-state index contributed by atoms with van der Waals surface area (Å²) in [7, 11) is 3.90. The zero-order valence-electron chi connectivity index (χ0n) is 12.2. The van der Waals surface area contributed by atoms with Crippen LogP contribution in [0.4, 0.5) is 0 Å². The van der Waals surface area contributed by atoms with Crippen LogP contribution in [0.1, 0.15) is 5.56 Å². The minimum atomic E-state index is -0.422. The number of hydrogen-bond donors (Lipinski definition) is 2. The number of amides is 1. The van der Waals surface area contributed by atoms with E-state index in [0.29, 0.717) is 11.6 Å². The van der Waals surface area contributed by atoms with E-state index in [-0.39, 0.29) is 12.1 Å². The van der Waals surface area contributed by atoms with Gasteiger partial charge in [0.25, 0.3) is 5.91 Å². The number of likely N-dealkylation sites (N-methyl/N-ethyl adjacent to an activating group) is 1. The molecule has 5 nitrogen and oxygen atoms in total. The first-order valence-corrected chi connectivity index (χ1v) is 6.92. The van der Waals surface area contributed by atoms with Crippen LogP contribution in [0.3, 0.4) is 0 Å². The molecule has 1 rings (SSSR count). The van der Waals surface area contributed by atoms with Gasteiger partial charge in [-0.25, -0.2) is 0 Å². The molecule has 6 heteroatoms. The first kappa shape index (κ1) is 17.0. The van der Waals surface area contributed by atoms with E-state index in [1.165, 1.54) is 6.20 Å². The molecule has 0 fully saturated rings. The molecule has 1 amide bonds. The molecule has 0 radical (unpaired) electrons. The Morgan fingerprint density at radius 2 is 2.14 bits per heavy atom. The first-order chi connectivity index (χ1) is 10.0. The number of halogens is 1. The van der Waals surface area contributed by atoms with Crippen LogP contribution in [0, 0.1) is 11.3 Å². The standard InChI is InChI=1S/C15H19ClN4O/c1-20(2)8-7-18-10-13(9-17)15(21)19-11-12-5-3-4-6-14(12)16/h3-6,10,18H,7-8,11H2,1-2H3,(H,19,21)/b13-10-. The molecule has 1 aromatic rings. The van der Waals surface area contributed by atoms with Crippen molar-refractivity contribution in [2.45, 2.75) is 6.54 Å². The number of hydrogen-bond acceptors (Lipinski definition) is 4. The second-order valence-corrected chi connectivity index (χ2v) is 5.11. The normalized spacial score (nSPS) is 11.1. The highest BCUT2D eigenvalue weighted by Crippen LogP contribution is 2.14. The average molecular weight is 307 g/mol. The Kier molecular flexibility index (Phi) is 7.30. The van der Waals surface area contributed by atoms with E-state index in [0.717, 1.165) is 12.1 Å². The summed E-state index contributed by atoms with van der Waals surface area (Å²) in [6.07, 6.45) is 1.44. The Morgan fingerprint density at radius 3 is 2.76 bits per heavy atom. The molecule has 0 aliphatic rings. The summed E-state index contributed by atoms with van der Waals surface area (Å²) in [4.78, 5) is 13.9. The van der Waals surface area contributed by atoms with Gasteiger partial charge in [-0.15, -0.1) is 0 Å². The van der Waals surface area contributed by atoms with Gasteiger partial charge < -0.3 is 15.5 Å². The highest BCUT2D eigenvalue weighted by molar-refractivity contribution is 6.31. The minimum Gasteiger partial charge on any atom is -0.388 e. The Balaban J connectivity index is 2.50. The lowest BCUT2D eigenvalue weighted by Gasteiger charge is -2.09. The number of carbonyl (C=O) groups is 1. The Bertz CT molecular complexity index is 549. The van der Waals surface area contributed by atoms with Gasteiger partial charge in [-0.05, 0) is 25.7 Å². The van der Waals surface area contributed by atoms with Crippen LogP contribution in [-0.2, 0) is 11.3 Å². The lowest BCUT2D eigenvalue weighted by molar-refractivity contribution is -0.117. The summed E-state index contributed by atoms with van der Waals surface area (Å²) in [5.74, 6) is -0.422. The van der Waals surface area contributed by atoms with E-state index < -0.39 is 5.91 Å². The van der Waals surface area contributed by atoms with E-state index in [2.05, 4.69) is 10.6 Å². The number of benzene rings is 1. The van der Waals surface area contributed by atoms with Crippen molar-refractivity contribution in [3.63, 3.8) is 0 Å². The van der Waals surface area contributed by atoms with Crippen LogP contribution in [-0.4, -0.2) is 38.0 Å². The average Bonchev–Trinajstić information content (AvgIpc) is 2.46. The van der Waals surface area contributed by atoms with Crippen molar-refractivity contribution in [3.05, 3.63) is 46.6 Å². The fraction of sp³-hybridized carbons (Fsp3) is 0.333. The lowest BCUT2D eigenvalue weighted by Crippen LogP contribution is -2.27. The zero-order chi connectivity index (χ0) is 15.7. The smallest absolute Gasteiger partial charge is 0.263 e. The van der Waals surface area contributed by atoms with Gasteiger partial charge in [0.1, 0.15) is 11.6 Å². The fourth-order valence-electron chi connectivity index (χ4n) is 1.52. The largest absolute Gasteiger partial charge is 0.388 e. The van der Waals surface area contributed by atoms with E-state index >= 15 is 0 Å². The maximum Gasteiger partial charge on any atom is 0.263 e. The summed E-state index contributed by atoms with van der Waals surface area (Å²) >= 11 is 6.01. The second-order valence-electron chi connectivity index (χ2n) is 4.70. The molecule has 0 aromatic heterocycles. The third-order valence-electron chi connectivity index (χ3n) is 2.71. The molecule has 0 unspecified atom stereocenters. The summed E-state index contributed by atoms with van der Waals surface area (Å²) in [5.41, 5.74) is 0.853. The summed E-state index contributed by atoms with van der Waals surface area (Å²) < 4.78 is 0.